The van der Waals surface area contributed by atoms with Gasteiger partial charge in [-0.1, -0.05) is 24.3 Å². The Morgan fingerprint density at radius 1 is 1.11 bits per heavy atom. The SMILES string of the molecule is Cc1nn(-c2ccccc2)cc1CN1CCc2nc(-c3cccs3)ncc2C1. The molecule has 0 radical (unpaired) electrons. The molecule has 140 valence electrons. The Kier molecular flexibility index (Phi) is 4.50. The number of rotatable bonds is 4. The summed E-state index contributed by atoms with van der Waals surface area (Å²) < 4.78 is 1.97. The number of nitrogens with zero attached hydrogens (tertiary/aromatic N) is 5. The van der Waals surface area contributed by atoms with Gasteiger partial charge in [-0.05, 0) is 30.5 Å². The van der Waals surface area contributed by atoms with Gasteiger partial charge >= 0.3 is 0 Å². The maximum absolute atomic E-state index is 4.81. The van der Waals surface area contributed by atoms with E-state index in [2.05, 4.69) is 46.6 Å². The minimum atomic E-state index is 0.849. The largest absolute Gasteiger partial charge is 0.294 e. The van der Waals surface area contributed by atoms with Crippen molar-refractivity contribution < 1.29 is 0 Å². The lowest BCUT2D eigenvalue weighted by molar-refractivity contribution is 0.242. The van der Waals surface area contributed by atoms with Crippen LogP contribution in [0.4, 0.5) is 0 Å². The first-order chi connectivity index (χ1) is 13.8. The van der Waals surface area contributed by atoms with Gasteiger partial charge in [0.05, 0.1) is 22.0 Å². The van der Waals surface area contributed by atoms with Crippen LogP contribution in [-0.2, 0) is 19.5 Å². The third-order valence-electron chi connectivity index (χ3n) is 5.17. The molecular formula is C22H21N5S. The molecule has 0 aliphatic carbocycles. The van der Waals surface area contributed by atoms with Gasteiger partial charge in [-0.3, -0.25) is 4.90 Å². The summed E-state index contributed by atoms with van der Waals surface area (Å²) in [5, 5.41) is 6.76. The van der Waals surface area contributed by atoms with Crippen molar-refractivity contribution in [1.29, 1.82) is 0 Å². The Bertz CT molecular complexity index is 1090. The molecule has 5 rings (SSSR count). The molecule has 0 amide bonds. The second kappa shape index (κ2) is 7.30. The van der Waals surface area contributed by atoms with Gasteiger partial charge in [0.2, 0.25) is 0 Å². The molecular weight excluding hydrogens is 366 g/mol. The van der Waals surface area contributed by atoms with E-state index < -0.39 is 0 Å². The summed E-state index contributed by atoms with van der Waals surface area (Å²) in [5.41, 5.74) is 5.86. The van der Waals surface area contributed by atoms with Crippen LogP contribution in [0.25, 0.3) is 16.4 Å². The molecule has 1 aliphatic rings. The fourth-order valence-electron chi connectivity index (χ4n) is 3.64. The van der Waals surface area contributed by atoms with Crippen molar-refractivity contribution >= 4 is 11.3 Å². The Labute approximate surface area is 168 Å². The van der Waals surface area contributed by atoms with Crippen LogP contribution < -0.4 is 0 Å². The predicted molar refractivity (Wildman–Crippen MR) is 111 cm³/mol. The highest BCUT2D eigenvalue weighted by Gasteiger charge is 2.20. The molecule has 0 saturated heterocycles. The highest BCUT2D eigenvalue weighted by Crippen LogP contribution is 2.25. The van der Waals surface area contributed by atoms with Crippen LogP contribution in [0, 0.1) is 6.92 Å². The van der Waals surface area contributed by atoms with E-state index in [-0.39, 0.29) is 0 Å². The Hall–Kier alpha value is -2.83. The monoisotopic (exact) mass is 387 g/mol. The van der Waals surface area contributed by atoms with Gasteiger partial charge in [0, 0.05) is 49.6 Å². The van der Waals surface area contributed by atoms with E-state index >= 15 is 0 Å². The Balaban J connectivity index is 1.33. The van der Waals surface area contributed by atoms with E-state index in [0.717, 1.165) is 48.1 Å². The molecule has 0 N–H and O–H groups in total. The third kappa shape index (κ3) is 3.37. The topological polar surface area (TPSA) is 46.8 Å². The molecule has 0 atom stereocenters. The molecule has 4 aromatic rings. The summed E-state index contributed by atoms with van der Waals surface area (Å²) >= 11 is 1.69. The number of benzene rings is 1. The molecule has 0 unspecified atom stereocenters. The molecule has 0 saturated carbocycles. The minimum Gasteiger partial charge on any atom is -0.294 e. The average molecular weight is 388 g/mol. The summed E-state index contributed by atoms with van der Waals surface area (Å²) in [4.78, 5) is 13.0. The van der Waals surface area contributed by atoms with Crippen LogP contribution in [0.2, 0.25) is 0 Å². The van der Waals surface area contributed by atoms with Gasteiger partial charge in [-0.25, -0.2) is 14.6 Å². The van der Waals surface area contributed by atoms with E-state index in [1.807, 2.05) is 35.1 Å². The fourth-order valence-corrected chi connectivity index (χ4v) is 4.30. The zero-order chi connectivity index (χ0) is 18.9. The summed E-state index contributed by atoms with van der Waals surface area (Å²) in [6.45, 7) is 4.87. The van der Waals surface area contributed by atoms with E-state index in [1.165, 1.54) is 16.8 Å². The number of hydrogen-bond acceptors (Lipinski definition) is 5. The van der Waals surface area contributed by atoms with E-state index in [0.29, 0.717) is 0 Å². The molecule has 1 aromatic carbocycles. The lowest BCUT2D eigenvalue weighted by Crippen LogP contribution is -2.31. The van der Waals surface area contributed by atoms with E-state index in [4.69, 9.17) is 10.1 Å². The van der Waals surface area contributed by atoms with Gasteiger partial charge in [-0.15, -0.1) is 11.3 Å². The Morgan fingerprint density at radius 2 is 2.00 bits per heavy atom. The van der Waals surface area contributed by atoms with Crippen LogP contribution in [-0.4, -0.2) is 31.2 Å². The van der Waals surface area contributed by atoms with E-state index in [1.54, 1.807) is 11.3 Å². The smallest absolute Gasteiger partial charge is 0.169 e. The van der Waals surface area contributed by atoms with Gasteiger partial charge in [0.25, 0.3) is 0 Å². The number of fused-ring (bicyclic) bond motifs is 1. The van der Waals surface area contributed by atoms with Crippen LogP contribution >= 0.6 is 11.3 Å². The molecule has 1 aliphatic heterocycles. The second-order valence-corrected chi connectivity index (χ2v) is 8.07. The number of thiophene rings is 1. The molecule has 4 heterocycles. The normalized spacial score (nSPS) is 14.2. The van der Waals surface area contributed by atoms with E-state index in [9.17, 15) is 0 Å². The second-order valence-electron chi connectivity index (χ2n) is 7.12. The average Bonchev–Trinajstić information content (AvgIpc) is 3.39. The van der Waals surface area contributed by atoms with Gasteiger partial charge < -0.3 is 0 Å². The van der Waals surface area contributed by atoms with Crippen molar-refractivity contribution in [1.82, 2.24) is 24.6 Å². The molecule has 0 fully saturated rings. The first kappa shape index (κ1) is 17.3. The number of hydrogen-bond donors (Lipinski definition) is 0. The van der Waals surface area contributed by atoms with Crippen molar-refractivity contribution in [2.24, 2.45) is 0 Å². The summed E-state index contributed by atoms with van der Waals surface area (Å²) in [6, 6.07) is 14.4. The van der Waals surface area contributed by atoms with Crippen molar-refractivity contribution in [3.63, 3.8) is 0 Å². The maximum atomic E-state index is 4.81. The first-order valence-electron chi connectivity index (χ1n) is 9.48. The van der Waals surface area contributed by atoms with Gasteiger partial charge in [0.1, 0.15) is 0 Å². The molecule has 0 spiro atoms. The van der Waals surface area contributed by atoms with Crippen molar-refractivity contribution in [2.75, 3.05) is 6.54 Å². The van der Waals surface area contributed by atoms with Crippen LogP contribution in [0.15, 0.2) is 60.2 Å². The minimum absolute atomic E-state index is 0.849. The van der Waals surface area contributed by atoms with Crippen LogP contribution in [0.3, 0.4) is 0 Å². The highest BCUT2D eigenvalue weighted by atomic mass is 32.1. The van der Waals surface area contributed by atoms with Crippen molar-refractivity contribution in [3.05, 3.63) is 82.8 Å². The van der Waals surface area contributed by atoms with Gasteiger partial charge in [-0.2, -0.15) is 5.10 Å². The molecule has 5 nitrogen and oxygen atoms in total. The summed E-state index contributed by atoms with van der Waals surface area (Å²) in [6.07, 6.45) is 5.11. The van der Waals surface area contributed by atoms with Crippen LogP contribution in [0.1, 0.15) is 22.5 Å². The zero-order valence-electron chi connectivity index (χ0n) is 15.7. The predicted octanol–water partition coefficient (Wildman–Crippen LogP) is 4.26. The lowest BCUT2D eigenvalue weighted by Gasteiger charge is -2.27. The molecule has 0 bridgehead atoms. The van der Waals surface area contributed by atoms with Gasteiger partial charge in [0.15, 0.2) is 5.82 Å². The third-order valence-corrected chi connectivity index (χ3v) is 6.04. The van der Waals surface area contributed by atoms with Crippen molar-refractivity contribution in [3.8, 4) is 16.4 Å². The standard InChI is InChI=1S/C22H21N5S/c1-16-18(15-27(25-16)19-6-3-2-4-7-19)14-26-10-9-20-17(13-26)12-23-22(24-20)21-8-5-11-28-21/h2-8,11-12,15H,9-10,13-14H2,1H3. The summed E-state index contributed by atoms with van der Waals surface area (Å²) in [5.74, 6) is 0.849. The number of aromatic nitrogens is 4. The quantitative estimate of drug-likeness (QED) is 0.525. The highest BCUT2D eigenvalue weighted by molar-refractivity contribution is 7.13. The molecule has 6 heteroatoms. The number of para-hydroxylation sites is 1. The van der Waals surface area contributed by atoms with Crippen LogP contribution in [0.5, 0.6) is 0 Å². The molecule has 28 heavy (non-hydrogen) atoms. The fraction of sp³-hybridized carbons (Fsp3) is 0.227. The zero-order valence-corrected chi connectivity index (χ0v) is 16.6. The lowest BCUT2D eigenvalue weighted by atomic mass is 10.1. The first-order valence-corrected chi connectivity index (χ1v) is 10.4. The number of aryl methyl sites for hydroxylation is 1. The van der Waals surface area contributed by atoms with Crippen molar-refractivity contribution in [2.45, 2.75) is 26.4 Å². The Morgan fingerprint density at radius 3 is 2.82 bits per heavy atom. The summed E-state index contributed by atoms with van der Waals surface area (Å²) in [7, 11) is 0. The molecule has 3 aromatic heterocycles. The maximum Gasteiger partial charge on any atom is 0.169 e.